The van der Waals surface area contributed by atoms with Crippen molar-refractivity contribution in [2.24, 2.45) is 0 Å². The average Bonchev–Trinajstić information content (AvgIpc) is 3.39. The van der Waals surface area contributed by atoms with E-state index in [2.05, 4.69) is 25.4 Å². The Morgan fingerprint density at radius 1 is 1.19 bits per heavy atom. The number of thiophene rings is 1. The topological polar surface area (TPSA) is 103 Å². The fourth-order valence-electron chi connectivity index (χ4n) is 2.25. The van der Waals surface area contributed by atoms with Crippen molar-refractivity contribution in [1.29, 1.82) is 0 Å². The highest BCUT2D eigenvalue weighted by molar-refractivity contribution is 7.08. The van der Waals surface area contributed by atoms with E-state index in [0.29, 0.717) is 23.0 Å². The molecule has 27 heavy (non-hydrogen) atoms. The lowest BCUT2D eigenvalue weighted by Crippen LogP contribution is -2.06. The maximum absolute atomic E-state index is 12.3. The van der Waals surface area contributed by atoms with Crippen LogP contribution in [0, 0.1) is 0 Å². The number of nitrogens with zero attached hydrogens (tertiary/aromatic N) is 4. The summed E-state index contributed by atoms with van der Waals surface area (Å²) < 4.78 is 10.4. The third-order valence-corrected chi connectivity index (χ3v) is 4.18. The number of benzene rings is 1. The Balaban J connectivity index is 1.39. The molecular weight excluding hydrogens is 366 g/mol. The first-order valence-corrected chi connectivity index (χ1v) is 8.88. The molecule has 0 spiro atoms. The number of rotatable bonds is 6. The highest BCUT2D eigenvalue weighted by Crippen LogP contribution is 2.19. The minimum atomic E-state index is -0.497. The molecule has 8 nitrogen and oxygen atoms in total. The van der Waals surface area contributed by atoms with E-state index in [9.17, 15) is 4.79 Å². The molecule has 4 rings (SSSR count). The molecule has 4 aromatic rings. The molecule has 0 aliphatic heterocycles. The number of ether oxygens (including phenoxy) is 1. The van der Waals surface area contributed by atoms with E-state index >= 15 is 0 Å². The molecule has 0 saturated heterocycles. The molecule has 0 saturated carbocycles. The summed E-state index contributed by atoms with van der Waals surface area (Å²) in [6.45, 7) is -0.102. The first-order chi connectivity index (χ1) is 13.3. The van der Waals surface area contributed by atoms with Crippen LogP contribution in [-0.2, 0) is 11.3 Å². The standard InChI is InChI=1S/C18H13N5O3S/c24-17(25-10-15-22-16(23-26-15)13-5-8-27-11-13)12-3-1-4-14(9-12)21-18-19-6-2-7-20-18/h1-9,11H,10H2,(H,19,20,21). The molecule has 134 valence electrons. The van der Waals surface area contributed by atoms with Crippen LogP contribution in [0.15, 0.2) is 64.1 Å². The lowest BCUT2D eigenvalue weighted by atomic mass is 10.2. The minimum Gasteiger partial charge on any atom is -0.452 e. The predicted octanol–water partition coefficient (Wildman–Crippen LogP) is 3.69. The Bertz CT molecular complexity index is 1030. The van der Waals surface area contributed by atoms with Crippen molar-refractivity contribution >= 4 is 28.9 Å². The number of esters is 1. The van der Waals surface area contributed by atoms with E-state index in [1.54, 1.807) is 42.7 Å². The number of aromatic nitrogens is 4. The fraction of sp³-hybridized carbons (Fsp3) is 0.0556. The normalized spacial score (nSPS) is 10.5. The molecule has 0 unspecified atom stereocenters. The van der Waals surface area contributed by atoms with Crippen LogP contribution in [0.2, 0.25) is 0 Å². The van der Waals surface area contributed by atoms with Crippen molar-refractivity contribution < 1.29 is 14.1 Å². The Hall–Kier alpha value is -3.59. The van der Waals surface area contributed by atoms with Gasteiger partial charge < -0.3 is 14.6 Å². The van der Waals surface area contributed by atoms with E-state index in [0.717, 1.165) is 5.56 Å². The average molecular weight is 379 g/mol. The lowest BCUT2D eigenvalue weighted by molar-refractivity contribution is 0.0430. The number of anilines is 2. The van der Waals surface area contributed by atoms with Gasteiger partial charge in [-0.3, -0.25) is 0 Å². The van der Waals surface area contributed by atoms with Crippen molar-refractivity contribution in [3.05, 3.63) is 71.0 Å². The summed E-state index contributed by atoms with van der Waals surface area (Å²) in [5.74, 6) is 0.644. The first kappa shape index (κ1) is 16.9. The zero-order valence-electron chi connectivity index (χ0n) is 13.9. The number of hydrogen-bond acceptors (Lipinski definition) is 9. The molecule has 3 heterocycles. The Kier molecular flexibility index (Phi) is 4.84. The van der Waals surface area contributed by atoms with E-state index in [1.165, 1.54) is 11.3 Å². The van der Waals surface area contributed by atoms with E-state index in [-0.39, 0.29) is 12.5 Å². The minimum absolute atomic E-state index is 0.102. The van der Waals surface area contributed by atoms with Crippen LogP contribution in [0.5, 0.6) is 0 Å². The SMILES string of the molecule is O=C(OCc1nc(-c2ccsc2)no1)c1cccc(Nc2ncccn2)c1. The van der Waals surface area contributed by atoms with Gasteiger partial charge in [0.25, 0.3) is 5.89 Å². The number of carbonyl (C=O) groups excluding carboxylic acids is 1. The summed E-state index contributed by atoms with van der Waals surface area (Å²) in [5, 5.41) is 10.7. The number of carbonyl (C=O) groups is 1. The Labute approximate surface area is 157 Å². The molecule has 0 fully saturated rings. The molecule has 1 aromatic carbocycles. The third-order valence-electron chi connectivity index (χ3n) is 3.49. The second-order valence-corrected chi connectivity index (χ2v) is 6.16. The summed E-state index contributed by atoms with van der Waals surface area (Å²) in [6.07, 6.45) is 3.25. The van der Waals surface area contributed by atoms with Crippen LogP contribution in [0.3, 0.4) is 0 Å². The summed E-state index contributed by atoms with van der Waals surface area (Å²) >= 11 is 1.54. The van der Waals surface area contributed by atoms with E-state index in [4.69, 9.17) is 9.26 Å². The lowest BCUT2D eigenvalue weighted by Gasteiger charge is -2.06. The van der Waals surface area contributed by atoms with Crippen molar-refractivity contribution in [3.8, 4) is 11.4 Å². The van der Waals surface area contributed by atoms with Crippen LogP contribution in [0.25, 0.3) is 11.4 Å². The number of nitrogens with one attached hydrogen (secondary N) is 1. The largest absolute Gasteiger partial charge is 0.452 e. The van der Waals surface area contributed by atoms with Crippen molar-refractivity contribution in [2.45, 2.75) is 6.61 Å². The highest BCUT2D eigenvalue weighted by Gasteiger charge is 2.13. The van der Waals surface area contributed by atoms with Crippen molar-refractivity contribution in [3.63, 3.8) is 0 Å². The van der Waals surface area contributed by atoms with Gasteiger partial charge in [-0.05, 0) is 35.7 Å². The smallest absolute Gasteiger partial charge is 0.338 e. The van der Waals surface area contributed by atoms with Crippen LogP contribution < -0.4 is 5.32 Å². The molecule has 1 N–H and O–H groups in total. The van der Waals surface area contributed by atoms with Gasteiger partial charge in [-0.15, -0.1) is 0 Å². The van der Waals surface area contributed by atoms with Gasteiger partial charge in [-0.2, -0.15) is 16.3 Å². The molecule has 3 aromatic heterocycles. The second kappa shape index (κ2) is 7.75. The molecule has 0 radical (unpaired) electrons. The predicted molar refractivity (Wildman–Crippen MR) is 98.5 cm³/mol. The fourth-order valence-corrected chi connectivity index (χ4v) is 2.88. The summed E-state index contributed by atoms with van der Waals surface area (Å²) in [6, 6.07) is 10.5. The highest BCUT2D eigenvalue weighted by atomic mass is 32.1. The molecule has 0 atom stereocenters. The second-order valence-electron chi connectivity index (χ2n) is 5.38. The molecule has 0 aliphatic rings. The summed E-state index contributed by atoms with van der Waals surface area (Å²) in [7, 11) is 0. The first-order valence-electron chi connectivity index (χ1n) is 7.94. The zero-order valence-corrected chi connectivity index (χ0v) is 14.7. The van der Waals surface area contributed by atoms with Gasteiger partial charge in [-0.25, -0.2) is 14.8 Å². The van der Waals surface area contributed by atoms with Gasteiger partial charge in [0, 0.05) is 29.0 Å². The van der Waals surface area contributed by atoms with Gasteiger partial charge in [0.1, 0.15) is 0 Å². The Morgan fingerprint density at radius 3 is 2.89 bits per heavy atom. The van der Waals surface area contributed by atoms with Crippen LogP contribution >= 0.6 is 11.3 Å². The van der Waals surface area contributed by atoms with Crippen molar-refractivity contribution in [2.75, 3.05) is 5.32 Å². The molecule has 9 heteroatoms. The van der Waals surface area contributed by atoms with Crippen LogP contribution in [0.4, 0.5) is 11.6 Å². The van der Waals surface area contributed by atoms with Crippen molar-refractivity contribution in [1.82, 2.24) is 20.1 Å². The molecule has 0 aliphatic carbocycles. The van der Waals surface area contributed by atoms with Gasteiger partial charge in [0.05, 0.1) is 5.56 Å². The third kappa shape index (κ3) is 4.15. The van der Waals surface area contributed by atoms with E-state index in [1.807, 2.05) is 16.8 Å². The maximum Gasteiger partial charge on any atom is 0.338 e. The van der Waals surface area contributed by atoms with Gasteiger partial charge in [-0.1, -0.05) is 11.2 Å². The molecule has 0 amide bonds. The molecular formula is C18H13N5O3S. The monoisotopic (exact) mass is 379 g/mol. The van der Waals surface area contributed by atoms with Crippen LogP contribution in [0.1, 0.15) is 16.2 Å². The summed E-state index contributed by atoms with van der Waals surface area (Å²) in [4.78, 5) is 24.7. The van der Waals surface area contributed by atoms with Gasteiger partial charge >= 0.3 is 5.97 Å². The Morgan fingerprint density at radius 2 is 2.07 bits per heavy atom. The van der Waals surface area contributed by atoms with E-state index < -0.39 is 5.97 Å². The summed E-state index contributed by atoms with van der Waals surface area (Å²) in [5.41, 5.74) is 1.92. The molecule has 0 bridgehead atoms. The number of hydrogen-bond donors (Lipinski definition) is 1. The zero-order chi connectivity index (χ0) is 18.5. The van der Waals surface area contributed by atoms with Gasteiger partial charge in [0.15, 0.2) is 6.61 Å². The van der Waals surface area contributed by atoms with Gasteiger partial charge in [0.2, 0.25) is 11.8 Å². The maximum atomic E-state index is 12.3. The van der Waals surface area contributed by atoms with Crippen LogP contribution in [-0.4, -0.2) is 26.1 Å². The quantitative estimate of drug-likeness (QED) is 0.506.